The second kappa shape index (κ2) is 11.3. The van der Waals surface area contributed by atoms with E-state index in [2.05, 4.69) is 4.90 Å². The molecule has 0 atom stereocenters. The summed E-state index contributed by atoms with van der Waals surface area (Å²) < 4.78 is 78.3. The molecule has 0 bridgehead atoms. The highest BCUT2D eigenvalue weighted by Crippen LogP contribution is 2.31. The van der Waals surface area contributed by atoms with Crippen LogP contribution in [0.2, 0.25) is 0 Å². The zero-order valence-corrected chi connectivity index (χ0v) is 18.8. The quantitative estimate of drug-likeness (QED) is 0.460. The molecule has 0 aromatic heterocycles. The number of alkyl halides is 6. The molecule has 2 aromatic rings. The topological polar surface area (TPSA) is 23.6 Å². The largest absolute Gasteiger partial charge is 0.416 e. The summed E-state index contributed by atoms with van der Waals surface area (Å²) in [5.74, 6) is -0.0938. The number of halogens is 6. The predicted octanol–water partition coefficient (Wildman–Crippen LogP) is 6.52. The van der Waals surface area contributed by atoms with Crippen molar-refractivity contribution in [2.45, 2.75) is 57.5 Å². The van der Waals surface area contributed by atoms with Gasteiger partial charge in [-0.2, -0.15) is 26.3 Å². The van der Waals surface area contributed by atoms with Gasteiger partial charge in [-0.15, -0.1) is 0 Å². The second-order valence-corrected chi connectivity index (χ2v) is 8.65. The number of hydrogen-bond acceptors (Lipinski definition) is 2. The van der Waals surface area contributed by atoms with Gasteiger partial charge in [0, 0.05) is 32.6 Å². The molecule has 1 amide bonds. The van der Waals surface area contributed by atoms with E-state index >= 15 is 0 Å². The molecular weight excluding hydrogens is 458 g/mol. The van der Waals surface area contributed by atoms with E-state index in [9.17, 15) is 31.1 Å². The molecule has 3 rings (SSSR count). The van der Waals surface area contributed by atoms with Crippen LogP contribution in [-0.4, -0.2) is 35.3 Å². The van der Waals surface area contributed by atoms with Crippen molar-refractivity contribution < 1.29 is 31.1 Å². The zero-order valence-electron chi connectivity index (χ0n) is 18.8. The number of carbonyl (C=O) groups is 1. The molecule has 9 heteroatoms. The Hall–Kier alpha value is -2.55. The summed E-state index contributed by atoms with van der Waals surface area (Å²) in [7, 11) is 0. The van der Waals surface area contributed by atoms with Gasteiger partial charge >= 0.3 is 12.4 Å². The smallest absolute Gasteiger partial charge is 0.338 e. The monoisotopic (exact) mass is 486 g/mol. The minimum Gasteiger partial charge on any atom is -0.338 e. The lowest BCUT2D eigenvalue weighted by Crippen LogP contribution is -2.33. The Morgan fingerprint density at radius 1 is 0.676 bits per heavy atom. The van der Waals surface area contributed by atoms with Crippen LogP contribution in [0.4, 0.5) is 26.3 Å². The van der Waals surface area contributed by atoms with Gasteiger partial charge in [-0.25, -0.2) is 0 Å². The molecule has 2 aromatic carbocycles. The van der Waals surface area contributed by atoms with Gasteiger partial charge in [0.1, 0.15) is 0 Å². The Balaban J connectivity index is 1.67. The van der Waals surface area contributed by atoms with Crippen molar-refractivity contribution in [1.29, 1.82) is 0 Å². The molecular formula is C25H28F6N2O. The van der Waals surface area contributed by atoms with E-state index in [1.165, 1.54) is 12.1 Å². The molecule has 1 aliphatic rings. The molecule has 34 heavy (non-hydrogen) atoms. The Kier molecular flexibility index (Phi) is 8.62. The van der Waals surface area contributed by atoms with Crippen LogP contribution in [-0.2, 0) is 30.2 Å². The Labute approximate surface area is 195 Å². The molecule has 0 saturated carbocycles. The normalized spacial score (nSPS) is 17.5. The van der Waals surface area contributed by atoms with Crippen LogP contribution in [0.3, 0.4) is 0 Å². The number of benzene rings is 2. The molecule has 0 radical (unpaired) electrons. The van der Waals surface area contributed by atoms with Crippen molar-refractivity contribution in [2.75, 3.05) is 19.6 Å². The minimum absolute atomic E-state index is 0.0936. The van der Waals surface area contributed by atoms with Crippen molar-refractivity contribution in [2.24, 2.45) is 0 Å². The predicted molar refractivity (Wildman–Crippen MR) is 117 cm³/mol. The number of amides is 1. The van der Waals surface area contributed by atoms with Crippen LogP contribution in [0.1, 0.15) is 54.4 Å². The van der Waals surface area contributed by atoms with Crippen molar-refractivity contribution in [3.8, 4) is 0 Å². The van der Waals surface area contributed by atoms with Gasteiger partial charge in [-0.1, -0.05) is 36.8 Å². The van der Waals surface area contributed by atoms with Crippen LogP contribution < -0.4 is 0 Å². The van der Waals surface area contributed by atoms with E-state index in [1.54, 1.807) is 17.0 Å². The molecule has 1 aliphatic heterocycles. The van der Waals surface area contributed by atoms with E-state index in [1.807, 2.05) is 0 Å². The Morgan fingerprint density at radius 3 is 1.82 bits per heavy atom. The number of hydrogen-bond donors (Lipinski definition) is 0. The van der Waals surface area contributed by atoms with E-state index in [0.717, 1.165) is 37.1 Å². The summed E-state index contributed by atoms with van der Waals surface area (Å²) in [6.45, 7) is 2.11. The van der Waals surface area contributed by atoms with Crippen LogP contribution in [0.15, 0.2) is 48.5 Å². The van der Waals surface area contributed by atoms with E-state index < -0.39 is 23.5 Å². The summed E-state index contributed by atoms with van der Waals surface area (Å²) in [6.07, 6.45) is -5.68. The summed E-state index contributed by atoms with van der Waals surface area (Å²) in [5, 5.41) is 0. The van der Waals surface area contributed by atoms with Crippen LogP contribution in [0.25, 0.3) is 0 Å². The average molecular weight is 487 g/mol. The van der Waals surface area contributed by atoms with Crippen molar-refractivity contribution in [1.82, 2.24) is 9.80 Å². The fraction of sp³-hybridized carbons (Fsp3) is 0.480. The SMILES string of the molecule is O=C1CCCCCN(Cc2cccc(C(F)(F)F)c2)CCCN1Cc1cccc(C(F)(F)F)c1. The third-order valence-corrected chi connectivity index (χ3v) is 5.91. The zero-order chi connectivity index (χ0) is 24.8. The lowest BCUT2D eigenvalue weighted by molar-refractivity contribution is -0.138. The molecule has 3 nitrogen and oxygen atoms in total. The molecule has 0 N–H and O–H groups in total. The maximum absolute atomic E-state index is 13.0. The van der Waals surface area contributed by atoms with Gasteiger partial charge in [0.25, 0.3) is 0 Å². The standard InChI is InChI=1S/C25H28F6N2O/c26-24(27,28)21-9-4-7-19(15-21)17-32-12-3-1-2-11-23(34)33(14-6-13-32)18-20-8-5-10-22(16-20)25(29,30)31/h4-5,7-10,15-16H,1-3,6,11-14,17-18H2. The van der Waals surface area contributed by atoms with Crippen molar-refractivity contribution >= 4 is 5.91 Å². The van der Waals surface area contributed by atoms with Gasteiger partial charge in [0.15, 0.2) is 0 Å². The average Bonchev–Trinajstić information content (AvgIpc) is 2.80. The highest BCUT2D eigenvalue weighted by Gasteiger charge is 2.31. The van der Waals surface area contributed by atoms with E-state index in [0.29, 0.717) is 56.6 Å². The first-order valence-corrected chi connectivity index (χ1v) is 11.3. The fourth-order valence-corrected chi connectivity index (χ4v) is 4.16. The number of nitrogens with zero attached hydrogens (tertiary/aromatic N) is 2. The second-order valence-electron chi connectivity index (χ2n) is 8.65. The summed E-state index contributed by atoms with van der Waals surface area (Å²) >= 11 is 0. The lowest BCUT2D eigenvalue weighted by Gasteiger charge is -2.26. The van der Waals surface area contributed by atoms with Gasteiger partial charge < -0.3 is 4.90 Å². The highest BCUT2D eigenvalue weighted by molar-refractivity contribution is 5.76. The molecule has 0 spiro atoms. The first-order valence-electron chi connectivity index (χ1n) is 11.3. The van der Waals surface area contributed by atoms with Crippen LogP contribution in [0, 0.1) is 0 Å². The number of carbonyl (C=O) groups excluding carboxylic acids is 1. The molecule has 1 fully saturated rings. The first kappa shape index (κ1) is 26.1. The lowest BCUT2D eigenvalue weighted by atomic mass is 10.1. The molecule has 0 aliphatic carbocycles. The third-order valence-electron chi connectivity index (χ3n) is 5.91. The maximum atomic E-state index is 13.0. The molecule has 0 unspecified atom stereocenters. The Bertz CT molecular complexity index is 957. The summed E-state index contributed by atoms with van der Waals surface area (Å²) in [5.41, 5.74) is -0.441. The van der Waals surface area contributed by atoms with Gasteiger partial charge in [-0.3, -0.25) is 9.69 Å². The van der Waals surface area contributed by atoms with E-state index in [4.69, 9.17) is 0 Å². The van der Waals surface area contributed by atoms with Gasteiger partial charge in [0.05, 0.1) is 11.1 Å². The number of rotatable bonds is 4. The third kappa shape index (κ3) is 7.75. The van der Waals surface area contributed by atoms with Crippen molar-refractivity contribution in [3.63, 3.8) is 0 Å². The Morgan fingerprint density at radius 2 is 1.24 bits per heavy atom. The van der Waals surface area contributed by atoms with Gasteiger partial charge in [0.2, 0.25) is 5.91 Å². The van der Waals surface area contributed by atoms with Crippen LogP contribution >= 0.6 is 0 Å². The fourth-order valence-electron chi connectivity index (χ4n) is 4.16. The maximum Gasteiger partial charge on any atom is 0.416 e. The van der Waals surface area contributed by atoms with Crippen LogP contribution in [0.5, 0.6) is 0 Å². The molecule has 1 saturated heterocycles. The molecule has 186 valence electrons. The first-order chi connectivity index (χ1) is 16.0. The summed E-state index contributed by atoms with van der Waals surface area (Å²) in [4.78, 5) is 16.4. The van der Waals surface area contributed by atoms with Gasteiger partial charge in [-0.05, 0) is 55.1 Å². The molecule has 1 heterocycles. The van der Waals surface area contributed by atoms with E-state index in [-0.39, 0.29) is 12.5 Å². The highest BCUT2D eigenvalue weighted by atomic mass is 19.4. The minimum atomic E-state index is -4.45. The van der Waals surface area contributed by atoms with Crippen molar-refractivity contribution in [3.05, 3.63) is 70.8 Å². The summed E-state index contributed by atoms with van der Waals surface area (Å²) in [6, 6.07) is 10.3.